The van der Waals surface area contributed by atoms with Crippen molar-refractivity contribution in [2.75, 3.05) is 0 Å². The van der Waals surface area contributed by atoms with Gasteiger partial charge >= 0.3 is 5.97 Å². The third-order valence-corrected chi connectivity index (χ3v) is 4.36. The topological polar surface area (TPSA) is 83.6 Å². The van der Waals surface area contributed by atoms with Crippen molar-refractivity contribution in [2.24, 2.45) is 0 Å². The summed E-state index contributed by atoms with van der Waals surface area (Å²) in [6, 6.07) is 6.80. The van der Waals surface area contributed by atoms with E-state index in [2.05, 4.69) is 5.16 Å². The van der Waals surface area contributed by atoms with Crippen LogP contribution in [0.4, 0.5) is 0 Å². The molecule has 3 rings (SSSR count). The van der Waals surface area contributed by atoms with Crippen LogP contribution in [0.3, 0.4) is 0 Å². The molecular formula is C17H18N2O4. The maximum absolute atomic E-state index is 12.7. The van der Waals surface area contributed by atoms with Gasteiger partial charge in [0.1, 0.15) is 11.8 Å². The van der Waals surface area contributed by atoms with Crippen LogP contribution in [0.5, 0.6) is 0 Å². The molecule has 0 radical (unpaired) electrons. The number of carboxylic acid groups (broad SMARTS) is 1. The molecule has 1 aromatic heterocycles. The Morgan fingerprint density at radius 3 is 2.61 bits per heavy atom. The minimum atomic E-state index is -0.980. The summed E-state index contributed by atoms with van der Waals surface area (Å²) in [5.41, 5.74) is 3.39. The fourth-order valence-electron chi connectivity index (χ4n) is 3.01. The Morgan fingerprint density at radius 2 is 2.00 bits per heavy atom. The standard InChI is InChI=1S/C17H18N2O4/c1-10-14(11(2)23-18-10)8-16(20)19-9-13-6-4-3-5-12(13)7-15(19)17(21)22/h3-6,15H,7-9H2,1-2H3,(H,21,22). The number of benzene rings is 1. The Bertz CT molecular complexity index is 746. The van der Waals surface area contributed by atoms with Gasteiger partial charge in [0.05, 0.1) is 12.1 Å². The number of aromatic nitrogens is 1. The molecule has 1 unspecified atom stereocenters. The van der Waals surface area contributed by atoms with E-state index in [0.29, 0.717) is 24.4 Å². The number of rotatable bonds is 3. The number of fused-ring (bicyclic) bond motifs is 1. The first kappa shape index (κ1) is 15.3. The van der Waals surface area contributed by atoms with E-state index in [1.54, 1.807) is 13.8 Å². The van der Waals surface area contributed by atoms with Crippen LogP contribution in [0.1, 0.15) is 28.1 Å². The number of hydrogen-bond acceptors (Lipinski definition) is 4. The molecule has 1 atom stereocenters. The van der Waals surface area contributed by atoms with Crippen LogP contribution in [0.25, 0.3) is 0 Å². The highest BCUT2D eigenvalue weighted by atomic mass is 16.5. The van der Waals surface area contributed by atoms with Crippen LogP contribution in [0, 0.1) is 13.8 Å². The Hall–Kier alpha value is -2.63. The zero-order chi connectivity index (χ0) is 16.6. The van der Waals surface area contributed by atoms with E-state index >= 15 is 0 Å². The van der Waals surface area contributed by atoms with E-state index in [9.17, 15) is 14.7 Å². The van der Waals surface area contributed by atoms with Crippen molar-refractivity contribution in [2.45, 2.75) is 39.3 Å². The van der Waals surface area contributed by atoms with Gasteiger partial charge in [-0.2, -0.15) is 0 Å². The number of hydrogen-bond donors (Lipinski definition) is 1. The van der Waals surface area contributed by atoms with E-state index in [1.807, 2.05) is 24.3 Å². The van der Waals surface area contributed by atoms with Crippen molar-refractivity contribution in [1.29, 1.82) is 0 Å². The third-order valence-electron chi connectivity index (χ3n) is 4.36. The van der Waals surface area contributed by atoms with Gasteiger partial charge in [0.15, 0.2) is 0 Å². The highest BCUT2D eigenvalue weighted by Gasteiger charge is 2.34. The van der Waals surface area contributed by atoms with Crippen molar-refractivity contribution in [3.05, 3.63) is 52.4 Å². The number of carboxylic acids is 1. The molecule has 2 aromatic rings. The Kier molecular flexibility index (Phi) is 3.90. The van der Waals surface area contributed by atoms with E-state index in [1.165, 1.54) is 4.90 Å². The summed E-state index contributed by atoms with van der Waals surface area (Å²) >= 11 is 0. The predicted molar refractivity (Wildman–Crippen MR) is 81.8 cm³/mol. The molecule has 0 saturated carbocycles. The first-order valence-electron chi connectivity index (χ1n) is 7.48. The number of aryl methyl sites for hydroxylation is 2. The lowest BCUT2D eigenvalue weighted by molar-refractivity contribution is -0.151. The minimum absolute atomic E-state index is 0.104. The van der Waals surface area contributed by atoms with Crippen LogP contribution in [-0.2, 0) is 29.0 Å². The largest absolute Gasteiger partial charge is 0.480 e. The molecule has 1 aliphatic rings. The lowest BCUT2D eigenvalue weighted by atomic mass is 9.93. The molecule has 0 saturated heterocycles. The summed E-state index contributed by atoms with van der Waals surface area (Å²) < 4.78 is 5.08. The van der Waals surface area contributed by atoms with Gasteiger partial charge in [0.25, 0.3) is 0 Å². The monoisotopic (exact) mass is 314 g/mol. The Labute approximate surface area is 133 Å². The SMILES string of the molecule is Cc1noc(C)c1CC(=O)N1Cc2ccccc2CC1C(=O)O. The maximum atomic E-state index is 12.7. The van der Waals surface area contributed by atoms with Gasteiger partial charge in [0, 0.05) is 18.5 Å². The fraction of sp³-hybridized carbons (Fsp3) is 0.353. The van der Waals surface area contributed by atoms with E-state index in [-0.39, 0.29) is 12.3 Å². The van der Waals surface area contributed by atoms with Crippen LogP contribution in [0.2, 0.25) is 0 Å². The van der Waals surface area contributed by atoms with Gasteiger partial charge in [0.2, 0.25) is 5.91 Å². The summed E-state index contributed by atoms with van der Waals surface area (Å²) in [6.45, 7) is 3.84. The smallest absolute Gasteiger partial charge is 0.326 e. The molecule has 1 aromatic carbocycles. The molecule has 2 heterocycles. The molecule has 0 fully saturated rings. The number of carbonyl (C=O) groups is 2. The first-order valence-corrected chi connectivity index (χ1v) is 7.48. The zero-order valence-corrected chi connectivity index (χ0v) is 13.1. The average molecular weight is 314 g/mol. The molecule has 0 bridgehead atoms. The molecule has 1 aliphatic heterocycles. The van der Waals surface area contributed by atoms with E-state index in [4.69, 9.17) is 4.52 Å². The molecule has 6 heteroatoms. The van der Waals surface area contributed by atoms with Gasteiger partial charge in [-0.15, -0.1) is 0 Å². The number of aliphatic carboxylic acids is 1. The maximum Gasteiger partial charge on any atom is 0.326 e. The molecule has 6 nitrogen and oxygen atoms in total. The van der Waals surface area contributed by atoms with Crippen molar-refractivity contribution in [3.63, 3.8) is 0 Å². The Morgan fingerprint density at radius 1 is 1.30 bits per heavy atom. The molecule has 0 spiro atoms. The van der Waals surface area contributed by atoms with Gasteiger partial charge in [-0.25, -0.2) is 4.79 Å². The van der Waals surface area contributed by atoms with Crippen LogP contribution in [-0.4, -0.2) is 33.1 Å². The second-order valence-electron chi connectivity index (χ2n) is 5.83. The lowest BCUT2D eigenvalue weighted by Gasteiger charge is -2.34. The third kappa shape index (κ3) is 2.84. The Balaban J connectivity index is 1.87. The van der Waals surface area contributed by atoms with Crippen molar-refractivity contribution < 1.29 is 19.2 Å². The second-order valence-corrected chi connectivity index (χ2v) is 5.83. The zero-order valence-electron chi connectivity index (χ0n) is 13.1. The molecule has 0 aliphatic carbocycles. The van der Waals surface area contributed by atoms with E-state index < -0.39 is 12.0 Å². The summed E-state index contributed by atoms with van der Waals surface area (Å²) in [7, 11) is 0. The quantitative estimate of drug-likeness (QED) is 0.935. The van der Waals surface area contributed by atoms with Crippen LogP contribution in [0.15, 0.2) is 28.8 Å². The summed E-state index contributed by atoms with van der Waals surface area (Å²) in [4.78, 5) is 25.7. The highest BCUT2D eigenvalue weighted by molar-refractivity contribution is 5.86. The molecular weight excluding hydrogens is 296 g/mol. The van der Waals surface area contributed by atoms with Crippen LogP contribution < -0.4 is 0 Å². The predicted octanol–water partition coefficient (Wildman–Crippen LogP) is 1.87. The van der Waals surface area contributed by atoms with Crippen LogP contribution >= 0.6 is 0 Å². The van der Waals surface area contributed by atoms with Gasteiger partial charge in [-0.3, -0.25) is 4.79 Å². The molecule has 23 heavy (non-hydrogen) atoms. The summed E-state index contributed by atoms with van der Waals surface area (Å²) in [6.07, 6.45) is 0.436. The minimum Gasteiger partial charge on any atom is -0.480 e. The van der Waals surface area contributed by atoms with Crippen molar-refractivity contribution >= 4 is 11.9 Å². The van der Waals surface area contributed by atoms with Gasteiger partial charge in [-0.05, 0) is 25.0 Å². The molecule has 120 valence electrons. The lowest BCUT2D eigenvalue weighted by Crippen LogP contribution is -2.49. The number of amides is 1. The van der Waals surface area contributed by atoms with Gasteiger partial charge < -0.3 is 14.5 Å². The van der Waals surface area contributed by atoms with Gasteiger partial charge in [-0.1, -0.05) is 29.4 Å². The number of carbonyl (C=O) groups excluding carboxylic acids is 1. The average Bonchev–Trinajstić information content (AvgIpc) is 2.85. The summed E-state index contributed by atoms with van der Waals surface area (Å²) in [5.74, 6) is -0.604. The molecule has 1 amide bonds. The number of nitrogens with zero attached hydrogens (tertiary/aromatic N) is 2. The highest BCUT2D eigenvalue weighted by Crippen LogP contribution is 2.25. The van der Waals surface area contributed by atoms with Crippen molar-refractivity contribution in [1.82, 2.24) is 10.1 Å². The second kappa shape index (κ2) is 5.87. The normalized spacial score (nSPS) is 17.0. The molecule has 1 N–H and O–H groups in total. The van der Waals surface area contributed by atoms with Crippen molar-refractivity contribution in [3.8, 4) is 0 Å². The fourth-order valence-corrected chi connectivity index (χ4v) is 3.01. The summed E-state index contributed by atoms with van der Waals surface area (Å²) in [5, 5.41) is 13.3. The first-order chi connectivity index (χ1) is 11.0. The van der Waals surface area contributed by atoms with E-state index in [0.717, 1.165) is 16.7 Å².